The van der Waals surface area contributed by atoms with Crippen LogP contribution in [0.25, 0.3) is 5.69 Å². The van der Waals surface area contributed by atoms with Crippen LogP contribution in [0.4, 0.5) is 4.79 Å². The molecule has 0 unspecified atom stereocenters. The van der Waals surface area contributed by atoms with E-state index in [1.54, 1.807) is 18.7 Å². The monoisotopic (exact) mass is 422 g/mol. The van der Waals surface area contributed by atoms with Gasteiger partial charge in [-0.15, -0.1) is 16.9 Å². The highest BCUT2D eigenvalue weighted by Crippen LogP contribution is 2.30. The lowest BCUT2D eigenvalue weighted by molar-refractivity contribution is -0.130. The summed E-state index contributed by atoms with van der Waals surface area (Å²) < 4.78 is 1.51. The van der Waals surface area contributed by atoms with Crippen LogP contribution >= 0.6 is 11.8 Å². The Bertz CT molecular complexity index is 1100. The lowest BCUT2D eigenvalue weighted by Crippen LogP contribution is -2.41. The largest absolute Gasteiger partial charge is 0.325 e. The molecule has 0 bridgehead atoms. The minimum atomic E-state index is -1.13. The number of nitrogens with one attached hydrogen (secondary N) is 1. The molecule has 1 aliphatic heterocycles. The molecule has 1 atom stereocenters. The van der Waals surface area contributed by atoms with Crippen LogP contribution in [-0.2, 0) is 10.3 Å². The molecule has 0 saturated carbocycles. The summed E-state index contributed by atoms with van der Waals surface area (Å²) in [4.78, 5) is 28.2. The number of carbonyl (C=O) groups is 2. The molecule has 1 aromatic heterocycles. The summed E-state index contributed by atoms with van der Waals surface area (Å²) in [6.07, 6.45) is 1.48. The highest BCUT2D eigenvalue weighted by atomic mass is 32.2. The van der Waals surface area contributed by atoms with Crippen molar-refractivity contribution in [2.75, 3.05) is 12.3 Å². The Kier molecular flexibility index (Phi) is 5.29. The Morgan fingerprint density at radius 2 is 1.93 bits per heavy atom. The third-order valence-corrected chi connectivity index (χ3v) is 6.35. The maximum atomic E-state index is 13.2. The van der Waals surface area contributed by atoms with E-state index in [4.69, 9.17) is 0 Å². The Balaban J connectivity index is 1.48. The molecule has 2 aromatic carbocycles. The number of aromatic nitrogens is 4. The quantitative estimate of drug-likeness (QED) is 0.485. The number of hydrogen-bond donors (Lipinski definition) is 1. The van der Waals surface area contributed by atoms with Crippen LogP contribution < -0.4 is 5.32 Å². The summed E-state index contributed by atoms with van der Waals surface area (Å²) in [5.74, 6) is 0.365. The Morgan fingerprint density at radius 3 is 2.67 bits per heavy atom. The standard InChI is InChI=1S/C21H22N6O2S/c1-14-7-8-18(11-15(14)2)30-10-9-26-19(28)21(3,23-20(26)29)16-5-4-6-17(12-16)27-13-22-24-25-27/h4-8,11-13H,9-10H2,1-3H3,(H,23,29)/t21-/m0/s1. The molecule has 3 aromatic rings. The van der Waals surface area contributed by atoms with Gasteiger partial charge in [0.2, 0.25) is 0 Å². The molecule has 8 nitrogen and oxygen atoms in total. The van der Waals surface area contributed by atoms with E-state index in [2.05, 4.69) is 52.9 Å². The summed E-state index contributed by atoms with van der Waals surface area (Å²) in [5, 5.41) is 14.0. The maximum absolute atomic E-state index is 13.2. The summed E-state index contributed by atoms with van der Waals surface area (Å²) in [7, 11) is 0. The van der Waals surface area contributed by atoms with Crippen LogP contribution in [0.15, 0.2) is 53.7 Å². The molecule has 1 aliphatic rings. The van der Waals surface area contributed by atoms with Crippen molar-refractivity contribution >= 4 is 23.7 Å². The van der Waals surface area contributed by atoms with E-state index in [9.17, 15) is 9.59 Å². The van der Waals surface area contributed by atoms with Gasteiger partial charge in [-0.2, -0.15) is 0 Å². The number of nitrogens with zero attached hydrogens (tertiary/aromatic N) is 5. The number of tetrazole rings is 1. The summed E-state index contributed by atoms with van der Waals surface area (Å²) in [5.41, 5.74) is 2.73. The van der Waals surface area contributed by atoms with Crippen molar-refractivity contribution < 1.29 is 9.59 Å². The molecule has 1 saturated heterocycles. The maximum Gasteiger partial charge on any atom is 0.325 e. The zero-order valence-corrected chi connectivity index (χ0v) is 17.8. The number of urea groups is 1. The molecule has 0 radical (unpaired) electrons. The van der Waals surface area contributed by atoms with E-state index in [0.717, 1.165) is 4.90 Å². The second-order valence-corrected chi connectivity index (χ2v) is 8.58. The van der Waals surface area contributed by atoms with Gasteiger partial charge in [0.05, 0.1) is 5.69 Å². The number of benzene rings is 2. The van der Waals surface area contributed by atoms with Crippen LogP contribution in [0, 0.1) is 13.8 Å². The summed E-state index contributed by atoms with van der Waals surface area (Å²) in [6.45, 7) is 6.21. The Labute approximate surface area is 178 Å². The van der Waals surface area contributed by atoms with Crippen molar-refractivity contribution in [2.45, 2.75) is 31.2 Å². The lowest BCUT2D eigenvalue weighted by Gasteiger charge is -2.22. The van der Waals surface area contributed by atoms with Crippen molar-refractivity contribution in [1.29, 1.82) is 0 Å². The van der Waals surface area contributed by atoms with Gasteiger partial charge in [-0.1, -0.05) is 18.2 Å². The number of rotatable bonds is 6. The Hall–Kier alpha value is -3.20. The van der Waals surface area contributed by atoms with Gasteiger partial charge in [0, 0.05) is 17.2 Å². The number of imide groups is 1. The number of amides is 3. The smallest absolute Gasteiger partial charge is 0.319 e. The van der Waals surface area contributed by atoms with Crippen LogP contribution in [0.2, 0.25) is 0 Å². The zero-order valence-electron chi connectivity index (χ0n) is 17.0. The molecule has 3 amide bonds. The van der Waals surface area contributed by atoms with Gasteiger partial charge in [-0.3, -0.25) is 9.69 Å². The third kappa shape index (κ3) is 3.68. The van der Waals surface area contributed by atoms with Crippen molar-refractivity contribution in [3.63, 3.8) is 0 Å². The minimum Gasteiger partial charge on any atom is -0.319 e. The first-order chi connectivity index (χ1) is 14.4. The highest BCUT2D eigenvalue weighted by molar-refractivity contribution is 7.99. The first-order valence-electron chi connectivity index (χ1n) is 9.56. The molecule has 2 heterocycles. The van der Waals surface area contributed by atoms with Gasteiger partial charge in [-0.05, 0) is 72.2 Å². The first-order valence-corrected chi connectivity index (χ1v) is 10.5. The van der Waals surface area contributed by atoms with Crippen molar-refractivity contribution in [1.82, 2.24) is 30.4 Å². The number of hydrogen-bond acceptors (Lipinski definition) is 6. The van der Waals surface area contributed by atoms with Gasteiger partial charge in [-0.25, -0.2) is 9.48 Å². The Morgan fingerprint density at radius 1 is 1.10 bits per heavy atom. The summed E-state index contributed by atoms with van der Waals surface area (Å²) >= 11 is 1.63. The van der Waals surface area contributed by atoms with Gasteiger partial charge < -0.3 is 5.32 Å². The molecular weight excluding hydrogens is 400 g/mol. The second-order valence-electron chi connectivity index (χ2n) is 7.41. The molecule has 1 N–H and O–H groups in total. The lowest BCUT2D eigenvalue weighted by atomic mass is 9.91. The molecule has 30 heavy (non-hydrogen) atoms. The molecule has 0 spiro atoms. The third-order valence-electron chi connectivity index (χ3n) is 5.37. The molecular formula is C21H22N6O2S. The van der Waals surface area contributed by atoms with E-state index >= 15 is 0 Å². The van der Waals surface area contributed by atoms with E-state index in [-0.39, 0.29) is 11.9 Å². The van der Waals surface area contributed by atoms with Crippen molar-refractivity contribution in [2.24, 2.45) is 0 Å². The number of carbonyl (C=O) groups excluding carboxylic acids is 2. The van der Waals surface area contributed by atoms with Crippen LogP contribution in [0.3, 0.4) is 0 Å². The van der Waals surface area contributed by atoms with Crippen molar-refractivity contribution in [3.8, 4) is 5.69 Å². The van der Waals surface area contributed by atoms with Gasteiger partial charge in [0.25, 0.3) is 5.91 Å². The number of aryl methyl sites for hydroxylation is 2. The molecule has 1 fully saturated rings. The van der Waals surface area contributed by atoms with E-state index in [0.29, 0.717) is 23.5 Å². The number of thioether (sulfide) groups is 1. The van der Waals surface area contributed by atoms with E-state index in [1.807, 2.05) is 24.3 Å². The van der Waals surface area contributed by atoms with E-state index in [1.165, 1.54) is 27.0 Å². The molecule has 0 aliphatic carbocycles. The van der Waals surface area contributed by atoms with Crippen molar-refractivity contribution in [3.05, 3.63) is 65.5 Å². The molecule has 154 valence electrons. The highest BCUT2D eigenvalue weighted by Gasteiger charge is 2.48. The average molecular weight is 423 g/mol. The SMILES string of the molecule is Cc1ccc(SCCN2C(=O)N[C@@](C)(c3cccc(-n4cnnn4)c3)C2=O)cc1C. The topological polar surface area (TPSA) is 93.0 Å². The predicted octanol–water partition coefficient (Wildman–Crippen LogP) is 2.84. The van der Waals surface area contributed by atoms with E-state index < -0.39 is 5.54 Å². The minimum absolute atomic E-state index is 0.262. The molecule has 4 rings (SSSR count). The molecule has 9 heteroatoms. The second kappa shape index (κ2) is 7.91. The first kappa shape index (κ1) is 20.1. The zero-order chi connectivity index (χ0) is 21.3. The fraction of sp³-hybridized carbons (Fsp3) is 0.286. The average Bonchev–Trinajstić information content (AvgIpc) is 3.34. The summed E-state index contributed by atoms with van der Waals surface area (Å²) in [6, 6.07) is 13.2. The van der Waals surface area contributed by atoms with Gasteiger partial charge >= 0.3 is 6.03 Å². The predicted molar refractivity (Wildman–Crippen MR) is 113 cm³/mol. The van der Waals surface area contributed by atoms with Crippen LogP contribution in [-0.4, -0.2) is 49.3 Å². The normalized spacial score (nSPS) is 18.7. The fourth-order valence-electron chi connectivity index (χ4n) is 3.39. The van der Waals surface area contributed by atoms with Crippen LogP contribution in [0.1, 0.15) is 23.6 Å². The fourth-order valence-corrected chi connectivity index (χ4v) is 4.33. The van der Waals surface area contributed by atoms with Gasteiger partial charge in [0.15, 0.2) is 0 Å². The van der Waals surface area contributed by atoms with Gasteiger partial charge in [0.1, 0.15) is 11.9 Å². The van der Waals surface area contributed by atoms with Crippen LogP contribution in [0.5, 0.6) is 0 Å².